The number of hydrogen-bond donors (Lipinski definition) is 2. The minimum atomic E-state index is -0.553. The molecule has 0 aromatic carbocycles. The van der Waals surface area contributed by atoms with E-state index in [0.717, 1.165) is 0 Å². The van der Waals surface area contributed by atoms with Crippen molar-refractivity contribution in [1.82, 2.24) is 4.90 Å². The molecular formula is C7H13N3O3. The number of carbonyl (C=O) groups is 2. The topological polar surface area (TPSA) is 98.7 Å². The summed E-state index contributed by atoms with van der Waals surface area (Å²) in [5.41, 5.74) is 5.12. The molecule has 0 bridgehead atoms. The van der Waals surface area contributed by atoms with Crippen molar-refractivity contribution in [2.45, 2.75) is 12.8 Å². The van der Waals surface area contributed by atoms with Gasteiger partial charge in [-0.25, -0.2) is 4.79 Å². The summed E-state index contributed by atoms with van der Waals surface area (Å²) >= 11 is 0. The fourth-order valence-electron chi connectivity index (χ4n) is 1.42. The van der Waals surface area contributed by atoms with Gasteiger partial charge >= 0.3 is 6.09 Å². The highest BCUT2D eigenvalue weighted by atomic mass is 16.7. The largest absolute Gasteiger partial charge is 0.428 e. The van der Waals surface area contributed by atoms with E-state index in [-0.39, 0.29) is 11.8 Å². The van der Waals surface area contributed by atoms with E-state index in [1.54, 1.807) is 0 Å². The molecule has 13 heavy (non-hydrogen) atoms. The van der Waals surface area contributed by atoms with E-state index in [2.05, 4.69) is 4.84 Å². The molecule has 2 amide bonds. The normalized spacial score (nSPS) is 18.4. The highest BCUT2D eigenvalue weighted by molar-refractivity contribution is 5.77. The van der Waals surface area contributed by atoms with Gasteiger partial charge < -0.3 is 15.5 Å². The van der Waals surface area contributed by atoms with Crippen LogP contribution in [0, 0.1) is 5.92 Å². The standard InChI is InChI=1S/C7H13N3O3/c8-6(11)5-1-3-10(4-2-5)7(12)13-9/h5H,1-4,9H2,(H2,8,11). The zero-order valence-corrected chi connectivity index (χ0v) is 7.23. The zero-order chi connectivity index (χ0) is 9.84. The number of hydrogen-bond acceptors (Lipinski definition) is 4. The second kappa shape index (κ2) is 4.08. The van der Waals surface area contributed by atoms with Crippen molar-refractivity contribution < 1.29 is 14.4 Å². The van der Waals surface area contributed by atoms with Crippen molar-refractivity contribution in [3.05, 3.63) is 0 Å². The molecule has 0 unspecified atom stereocenters. The molecule has 4 N–H and O–H groups in total. The average molecular weight is 187 g/mol. The maximum atomic E-state index is 10.9. The predicted octanol–water partition coefficient (Wildman–Crippen LogP) is -0.806. The molecule has 1 aliphatic heterocycles. The monoisotopic (exact) mass is 187 g/mol. The Kier molecular flexibility index (Phi) is 3.07. The Labute approximate surface area is 75.8 Å². The predicted molar refractivity (Wildman–Crippen MR) is 44.2 cm³/mol. The number of piperidine rings is 1. The Morgan fingerprint density at radius 2 is 1.85 bits per heavy atom. The van der Waals surface area contributed by atoms with E-state index < -0.39 is 6.09 Å². The molecule has 0 saturated carbocycles. The summed E-state index contributed by atoms with van der Waals surface area (Å²) < 4.78 is 0. The first-order chi connectivity index (χ1) is 6.15. The third-order valence-electron chi connectivity index (χ3n) is 2.26. The Morgan fingerprint density at radius 3 is 2.23 bits per heavy atom. The van der Waals surface area contributed by atoms with E-state index in [1.807, 2.05) is 0 Å². The molecule has 1 fully saturated rings. The summed E-state index contributed by atoms with van der Waals surface area (Å²) in [4.78, 5) is 27.2. The average Bonchev–Trinajstić information content (AvgIpc) is 2.17. The van der Waals surface area contributed by atoms with Crippen molar-refractivity contribution >= 4 is 12.0 Å². The SMILES string of the molecule is NOC(=O)N1CCC(C(N)=O)CC1. The number of nitrogens with zero attached hydrogens (tertiary/aromatic N) is 1. The third-order valence-corrected chi connectivity index (χ3v) is 2.26. The van der Waals surface area contributed by atoms with E-state index in [9.17, 15) is 9.59 Å². The fourth-order valence-corrected chi connectivity index (χ4v) is 1.42. The van der Waals surface area contributed by atoms with Crippen LogP contribution in [0.5, 0.6) is 0 Å². The fraction of sp³-hybridized carbons (Fsp3) is 0.714. The molecule has 1 rings (SSSR count). The Morgan fingerprint density at radius 1 is 1.31 bits per heavy atom. The number of carbonyl (C=O) groups excluding carboxylic acids is 2. The molecule has 74 valence electrons. The maximum absolute atomic E-state index is 10.9. The molecule has 0 aromatic heterocycles. The minimum absolute atomic E-state index is 0.123. The molecule has 1 heterocycles. The van der Waals surface area contributed by atoms with Gasteiger partial charge in [0.25, 0.3) is 0 Å². The first kappa shape index (κ1) is 9.79. The zero-order valence-electron chi connectivity index (χ0n) is 7.23. The van der Waals surface area contributed by atoms with E-state index in [4.69, 9.17) is 11.6 Å². The van der Waals surface area contributed by atoms with Crippen molar-refractivity contribution in [2.75, 3.05) is 13.1 Å². The van der Waals surface area contributed by atoms with Crippen LogP contribution < -0.4 is 11.6 Å². The lowest BCUT2D eigenvalue weighted by Crippen LogP contribution is -2.42. The Hall–Kier alpha value is -1.30. The van der Waals surface area contributed by atoms with Crippen LogP contribution in [0.25, 0.3) is 0 Å². The van der Waals surface area contributed by atoms with Gasteiger partial charge in [-0.2, -0.15) is 5.90 Å². The lowest BCUT2D eigenvalue weighted by molar-refractivity contribution is -0.123. The number of rotatable bonds is 1. The number of primary amides is 1. The highest BCUT2D eigenvalue weighted by Crippen LogP contribution is 2.16. The first-order valence-electron chi connectivity index (χ1n) is 4.10. The van der Waals surface area contributed by atoms with Crippen LogP contribution in [0.15, 0.2) is 0 Å². The second-order valence-corrected chi connectivity index (χ2v) is 3.05. The van der Waals surface area contributed by atoms with Crippen molar-refractivity contribution in [3.63, 3.8) is 0 Å². The van der Waals surface area contributed by atoms with Crippen LogP contribution in [0.2, 0.25) is 0 Å². The van der Waals surface area contributed by atoms with Crippen LogP contribution in [0.1, 0.15) is 12.8 Å². The quantitative estimate of drug-likeness (QED) is 0.524. The first-order valence-corrected chi connectivity index (χ1v) is 4.10. The third kappa shape index (κ3) is 2.32. The Bertz CT molecular complexity index is 211. The molecule has 1 aliphatic rings. The van der Waals surface area contributed by atoms with Gasteiger partial charge in [0.05, 0.1) is 0 Å². The number of nitrogens with two attached hydrogens (primary N) is 2. The van der Waals surface area contributed by atoms with Gasteiger partial charge in [0, 0.05) is 19.0 Å². The van der Waals surface area contributed by atoms with Crippen molar-refractivity contribution in [1.29, 1.82) is 0 Å². The molecule has 0 aliphatic carbocycles. The van der Waals surface area contributed by atoms with Crippen LogP contribution in [0.4, 0.5) is 4.79 Å². The van der Waals surface area contributed by atoms with E-state index in [0.29, 0.717) is 25.9 Å². The molecule has 6 heteroatoms. The summed E-state index contributed by atoms with van der Waals surface area (Å²) in [5, 5.41) is 0. The lowest BCUT2D eigenvalue weighted by Gasteiger charge is -2.28. The van der Waals surface area contributed by atoms with Crippen molar-refractivity contribution in [2.24, 2.45) is 17.5 Å². The second-order valence-electron chi connectivity index (χ2n) is 3.05. The van der Waals surface area contributed by atoms with E-state index in [1.165, 1.54) is 4.90 Å². The number of amides is 2. The van der Waals surface area contributed by atoms with Crippen LogP contribution in [-0.4, -0.2) is 30.0 Å². The molecular weight excluding hydrogens is 174 g/mol. The van der Waals surface area contributed by atoms with Gasteiger partial charge in [0.15, 0.2) is 0 Å². The van der Waals surface area contributed by atoms with Crippen LogP contribution >= 0.6 is 0 Å². The van der Waals surface area contributed by atoms with Crippen LogP contribution in [-0.2, 0) is 9.63 Å². The van der Waals surface area contributed by atoms with E-state index >= 15 is 0 Å². The summed E-state index contributed by atoms with van der Waals surface area (Å²) in [5.74, 6) is 4.29. The molecule has 0 atom stereocenters. The van der Waals surface area contributed by atoms with Crippen LogP contribution in [0.3, 0.4) is 0 Å². The smallest absolute Gasteiger partial charge is 0.369 e. The lowest BCUT2D eigenvalue weighted by atomic mass is 9.97. The molecule has 1 saturated heterocycles. The Balaban J connectivity index is 2.39. The minimum Gasteiger partial charge on any atom is -0.369 e. The summed E-state index contributed by atoms with van der Waals surface area (Å²) in [6.45, 7) is 0.952. The van der Waals surface area contributed by atoms with Gasteiger partial charge in [0.1, 0.15) is 0 Å². The molecule has 0 aromatic rings. The molecule has 6 nitrogen and oxygen atoms in total. The van der Waals surface area contributed by atoms with Gasteiger partial charge in [0.2, 0.25) is 5.91 Å². The van der Waals surface area contributed by atoms with Gasteiger partial charge in [-0.15, -0.1) is 0 Å². The molecule has 0 radical (unpaired) electrons. The number of likely N-dealkylation sites (tertiary alicyclic amines) is 1. The van der Waals surface area contributed by atoms with Gasteiger partial charge in [-0.3, -0.25) is 4.79 Å². The molecule has 0 spiro atoms. The summed E-state index contributed by atoms with van der Waals surface area (Å²) in [7, 11) is 0. The summed E-state index contributed by atoms with van der Waals surface area (Å²) in [6, 6.07) is 0. The van der Waals surface area contributed by atoms with Gasteiger partial charge in [-0.05, 0) is 12.8 Å². The maximum Gasteiger partial charge on any atom is 0.428 e. The highest BCUT2D eigenvalue weighted by Gasteiger charge is 2.26. The van der Waals surface area contributed by atoms with Crippen molar-refractivity contribution in [3.8, 4) is 0 Å². The van der Waals surface area contributed by atoms with Gasteiger partial charge in [-0.1, -0.05) is 0 Å². The summed E-state index contributed by atoms with van der Waals surface area (Å²) in [6.07, 6.45) is 0.623.